The maximum absolute atomic E-state index is 12.0. The van der Waals surface area contributed by atoms with Crippen molar-refractivity contribution < 1.29 is 14.7 Å². The van der Waals surface area contributed by atoms with E-state index in [1.807, 2.05) is 0 Å². The second kappa shape index (κ2) is 6.47. The van der Waals surface area contributed by atoms with Crippen molar-refractivity contribution in [2.24, 2.45) is 0 Å². The van der Waals surface area contributed by atoms with Gasteiger partial charge in [-0.3, -0.25) is 4.79 Å². The number of amides is 1. The zero-order valence-corrected chi connectivity index (χ0v) is 11.5. The Morgan fingerprint density at radius 3 is 2.85 bits per heavy atom. The van der Waals surface area contributed by atoms with Crippen LogP contribution in [0.4, 0.5) is 0 Å². The van der Waals surface area contributed by atoms with Crippen LogP contribution in [0.2, 0.25) is 0 Å². The molecule has 0 aromatic carbocycles. The van der Waals surface area contributed by atoms with Gasteiger partial charge in [0.2, 0.25) is 0 Å². The topological polar surface area (TPSA) is 82.5 Å². The number of likely N-dealkylation sites (tertiary alicyclic amines) is 1. The fraction of sp³-hybridized carbons (Fsp3) is 0.500. The van der Waals surface area contributed by atoms with Crippen LogP contribution in [0, 0.1) is 0 Å². The molecule has 1 saturated heterocycles. The van der Waals surface area contributed by atoms with Gasteiger partial charge in [-0.25, -0.2) is 9.78 Å². The number of carbonyl (C=O) groups is 2. The molecule has 6 nitrogen and oxygen atoms in total. The average Bonchev–Trinajstić information content (AvgIpc) is 2.46. The highest BCUT2D eigenvalue weighted by Gasteiger charge is 2.20. The summed E-state index contributed by atoms with van der Waals surface area (Å²) in [6.45, 7) is 1.61. The minimum absolute atomic E-state index is 0.118. The van der Waals surface area contributed by atoms with Crippen molar-refractivity contribution in [3.8, 4) is 0 Å². The number of hydrogen-bond acceptors (Lipinski definition) is 4. The predicted molar refractivity (Wildman–Crippen MR) is 73.8 cm³/mol. The van der Waals surface area contributed by atoms with Gasteiger partial charge >= 0.3 is 5.97 Å². The normalized spacial score (nSPS) is 19.6. The van der Waals surface area contributed by atoms with Crippen LogP contribution >= 0.6 is 0 Å². The van der Waals surface area contributed by atoms with Gasteiger partial charge in [-0.15, -0.1) is 0 Å². The molecule has 0 bridgehead atoms. The summed E-state index contributed by atoms with van der Waals surface area (Å²) in [7, 11) is 2.05. The summed E-state index contributed by atoms with van der Waals surface area (Å²) in [5.74, 6) is -1.46. The first kappa shape index (κ1) is 14.5. The average molecular weight is 277 g/mol. The maximum Gasteiger partial charge on any atom is 0.354 e. The van der Waals surface area contributed by atoms with E-state index >= 15 is 0 Å². The Kier molecular flexibility index (Phi) is 4.68. The third kappa shape index (κ3) is 3.54. The lowest BCUT2D eigenvalue weighted by Crippen LogP contribution is -2.44. The number of nitrogens with one attached hydrogen (secondary N) is 1. The maximum atomic E-state index is 12.0. The third-order valence-corrected chi connectivity index (χ3v) is 3.62. The van der Waals surface area contributed by atoms with Gasteiger partial charge in [0.05, 0.1) is 0 Å². The number of pyridine rings is 1. The van der Waals surface area contributed by atoms with Gasteiger partial charge in [-0.05, 0) is 38.6 Å². The Morgan fingerprint density at radius 2 is 2.15 bits per heavy atom. The first-order valence-electron chi connectivity index (χ1n) is 6.76. The molecule has 108 valence electrons. The summed E-state index contributed by atoms with van der Waals surface area (Å²) in [4.78, 5) is 28.9. The van der Waals surface area contributed by atoms with E-state index in [2.05, 4.69) is 22.2 Å². The van der Waals surface area contributed by atoms with Crippen molar-refractivity contribution in [1.82, 2.24) is 15.2 Å². The van der Waals surface area contributed by atoms with E-state index < -0.39 is 5.97 Å². The summed E-state index contributed by atoms with van der Waals surface area (Å²) in [5.41, 5.74) is 0.0239. The van der Waals surface area contributed by atoms with Gasteiger partial charge in [0, 0.05) is 12.6 Å². The molecule has 1 aromatic heterocycles. The van der Waals surface area contributed by atoms with Crippen LogP contribution < -0.4 is 5.32 Å². The van der Waals surface area contributed by atoms with Crippen LogP contribution in [-0.4, -0.2) is 53.0 Å². The summed E-state index contributed by atoms with van der Waals surface area (Å²) >= 11 is 0. The molecule has 1 aromatic rings. The summed E-state index contributed by atoms with van der Waals surface area (Å²) in [6.07, 6.45) is 3.44. The Balaban J connectivity index is 1.94. The van der Waals surface area contributed by atoms with Gasteiger partial charge < -0.3 is 15.3 Å². The molecule has 6 heteroatoms. The molecule has 20 heavy (non-hydrogen) atoms. The monoisotopic (exact) mass is 277 g/mol. The predicted octanol–water partition coefficient (Wildman–Crippen LogP) is 0.994. The number of aromatic nitrogens is 1. The van der Waals surface area contributed by atoms with Crippen LogP contribution in [-0.2, 0) is 0 Å². The summed E-state index contributed by atoms with van der Waals surface area (Å²) < 4.78 is 0. The molecule has 0 aliphatic carbocycles. The van der Waals surface area contributed by atoms with E-state index in [0.717, 1.165) is 13.0 Å². The Labute approximate surface area is 117 Å². The molecule has 1 aliphatic rings. The van der Waals surface area contributed by atoms with E-state index in [9.17, 15) is 9.59 Å². The van der Waals surface area contributed by atoms with Crippen molar-refractivity contribution in [2.75, 3.05) is 20.1 Å². The highest BCUT2D eigenvalue weighted by atomic mass is 16.4. The van der Waals surface area contributed by atoms with Crippen LogP contribution in [0.3, 0.4) is 0 Å². The number of hydrogen-bond donors (Lipinski definition) is 2. The van der Waals surface area contributed by atoms with Crippen molar-refractivity contribution >= 4 is 11.9 Å². The van der Waals surface area contributed by atoms with E-state index in [4.69, 9.17) is 5.11 Å². The molecule has 1 aliphatic heterocycles. The SMILES string of the molecule is CN1CCCCC1CNC(=O)c1cccc(C(=O)O)n1. The van der Waals surface area contributed by atoms with E-state index in [0.29, 0.717) is 12.6 Å². The van der Waals surface area contributed by atoms with Crippen molar-refractivity contribution in [2.45, 2.75) is 25.3 Å². The number of carboxylic acids is 1. The lowest BCUT2D eigenvalue weighted by Gasteiger charge is -2.32. The number of nitrogens with zero attached hydrogens (tertiary/aromatic N) is 2. The number of carboxylic acid groups (broad SMARTS) is 1. The standard InChI is InChI=1S/C14H19N3O3/c1-17-8-3-2-5-10(17)9-15-13(18)11-6-4-7-12(16-11)14(19)20/h4,6-7,10H,2-3,5,8-9H2,1H3,(H,15,18)(H,19,20). The minimum atomic E-state index is -1.13. The van der Waals surface area contributed by atoms with Crippen molar-refractivity contribution in [3.05, 3.63) is 29.6 Å². The molecule has 2 rings (SSSR count). The largest absolute Gasteiger partial charge is 0.477 e. The van der Waals surface area contributed by atoms with Crippen LogP contribution in [0.1, 0.15) is 40.2 Å². The van der Waals surface area contributed by atoms with Gasteiger partial charge in [0.25, 0.3) is 5.91 Å². The quantitative estimate of drug-likeness (QED) is 0.857. The van der Waals surface area contributed by atoms with E-state index in [1.165, 1.54) is 31.0 Å². The van der Waals surface area contributed by atoms with Crippen LogP contribution in [0.15, 0.2) is 18.2 Å². The molecule has 0 spiro atoms. The van der Waals surface area contributed by atoms with Gasteiger partial charge in [-0.2, -0.15) is 0 Å². The number of likely N-dealkylation sites (N-methyl/N-ethyl adjacent to an activating group) is 1. The smallest absolute Gasteiger partial charge is 0.354 e. The third-order valence-electron chi connectivity index (χ3n) is 3.62. The summed E-state index contributed by atoms with van der Waals surface area (Å²) in [6, 6.07) is 4.76. The first-order chi connectivity index (χ1) is 9.58. The molecule has 0 radical (unpaired) electrons. The molecule has 1 atom stereocenters. The lowest BCUT2D eigenvalue weighted by atomic mass is 10.0. The first-order valence-corrected chi connectivity index (χ1v) is 6.76. The number of rotatable bonds is 4. The highest BCUT2D eigenvalue weighted by Crippen LogP contribution is 2.14. The Hall–Kier alpha value is -1.95. The molecule has 1 unspecified atom stereocenters. The molecule has 1 amide bonds. The van der Waals surface area contributed by atoms with Gasteiger partial charge in [0.15, 0.2) is 0 Å². The van der Waals surface area contributed by atoms with Crippen molar-refractivity contribution in [3.63, 3.8) is 0 Å². The molecule has 2 heterocycles. The molecular formula is C14H19N3O3. The minimum Gasteiger partial charge on any atom is -0.477 e. The number of aromatic carboxylic acids is 1. The number of carbonyl (C=O) groups excluding carboxylic acids is 1. The van der Waals surface area contributed by atoms with E-state index in [-0.39, 0.29) is 17.3 Å². The van der Waals surface area contributed by atoms with Crippen LogP contribution in [0.25, 0.3) is 0 Å². The fourth-order valence-electron chi connectivity index (χ4n) is 2.38. The zero-order chi connectivity index (χ0) is 14.5. The lowest BCUT2D eigenvalue weighted by molar-refractivity contribution is 0.0690. The second-order valence-electron chi connectivity index (χ2n) is 5.05. The van der Waals surface area contributed by atoms with Gasteiger partial charge in [0.1, 0.15) is 11.4 Å². The molecule has 2 N–H and O–H groups in total. The zero-order valence-electron chi connectivity index (χ0n) is 11.5. The number of piperidine rings is 1. The molecule has 1 fully saturated rings. The summed E-state index contributed by atoms with van der Waals surface area (Å²) in [5, 5.41) is 11.7. The molecular weight excluding hydrogens is 258 g/mol. The highest BCUT2D eigenvalue weighted by molar-refractivity contribution is 5.94. The fourth-order valence-corrected chi connectivity index (χ4v) is 2.38. The van der Waals surface area contributed by atoms with Crippen molar-refractivity contribution in [1.29, 1.82) is 0 Å². The van der Waals surface area contributed by atoms with Gasteiger partial charge in [-0.1, -0.05) is 12.5 Å². The van der Waals surface area contributed by atoms with Crippen LogP contribution in [0.5, 0.6) is 0 Å². The Bertz CT molecular complexity index is 504. The Morgan fingerprint density at radius 1 is 1.40 bits per heavy atom. The second-order valence-corrected chi connectivity index (χ2v) is 5.05. The molecule has 0 saturated carbocycles. The van der Waals surface area contributed by atoms with E-state index in [1.54, 1.807) is 0 Å².